The van der Waals surface area contributed by atoms with Gasteiger partial charge < -0.3 is 78.7 Å². The first-order valence-corrected chi connectivity index (χ1v) is 40.0. The van der Waals surface area contributed by atoms with E-state index in [1.54, 1.807) is 23.1 Å². The van der Waals surface area contributed by atoms with Crippen molar-refractivity contribution in [1.82, 2.24) is 49.5 Å². The smallest absolute Gasteiger partial charge is 0.318 e. The number of phenolic OH excluding ortho intramolecular Hbond substituents is 3. The molecule has 4 fully saturated rings. The number of hydrogen-bond acceptors (Lipinski definition) is 23. The van der Waals surface area contributed by atoms with E-state index in [0.29, 0.717) is 136 Å². The zero-order chi connectivity index (χ0) is 78.7. The first-order chi connectivity index (χ1) is 55.1. The number of piperazine rings is 3. The van der Waals surface area contributed by atoms with Gasteiger partial charge >= 0.3 is 18.0 Å². The number of likely N-dealkylation sites (tertiary alicyclic amines) is 1. The van der Waals surface area contributed by atoms with Gasteiger partial charge in [-0.05, 0) is 117 Å². The number of phenols is 3. The van der Waals surface area contributed by atoms with Gasteiger partial charge in [0, 0.05) is 172 Å². The largest absolute Gasteiger partial charge is 0.508 e. The molecule has 7 aliphatic rings. The number of aliphatic hydroxyl groups excluding tert-OH is 1. The average Bonchev–Trinajstić information content (AvgIpc) is 0.959. The van der Waals surface area contributed by atoms with Crippen LogP contribution in [0.3, 0.4) is 0 Å². The fraction of sp³-hybridized carbons (Fsp3) is 0.414. The summed E-state index contributed by atoms with van der Waals surface area (Å²) in [6.45, 7) is 32.4. The molecule has 0 aliphatic carbocycles. The number of rotatable bonds is 21. The predicted octanol–water partition coefficient (Wildman–Crippen LogP) is 10.4. The van der Waals surface area contributed by atoms with Crippen LogP contribution in [0.2, 0.25) is 0 Å². The van der Waals surface area contributed by atoms with Crippen LogP contribution in [0.15, 0.2) is 147 Å². The SMILES string of the molecule is C=CC(=O)N1CCN(c2nc(OCC(O)CC)nc3c2CCN(c2cc(O)cc4ccccc24)C3)CC1.C=CC(=O)N1CCN(c2nc(OCC3CCCN3CCC)nc3c2CCN(c2cc(O)cc4ccccc24)C3)CC1.C=CC(=O)N1CCN(c2nc(OCCC)nc3c2CCN(c2cc(O)cc4ccccc24)C3)CC1. The van der Waals surface area contributed by atoms with Crippen molar-refractivity contribution in [3.05, 3.63) is 181 Å². The molecule has 2 atom stereocenters. The van der Waals surface area contributed by atoms with E-state index >= 15 is 0 Å². The molecule has 26 heteroatoms. The third kappa shape index (κ3) is 17.9. The third-order valence-corrected chi connectivity index (χ3v) is 22.5. The van der Waals surface area contributed by atoms with Crippen molar-refractivity contribution < 1.29 is 49.0 Å². The Kier molecular flexibility index (Phi) is 24.8. The molecule has 16 rings (SSSR count). The Balaban J connectivity index is 0.000000141. The van der Waals surface area contributed by atoms with E-state index in [4.69, 9.17) is 44.1 Å². The van der Waals surface area contributed by atoms with E-state index in [2.05, 4.69) is 86.1 Å². The molecule has 10 heterocycles. The van der Waals surface area contributed by atoms with Gasteiger partial charge in [0.05, 0.1) is 49.4 Å². The van der Waals surface area contributed by atoms with Gasteiger partial charge in [-0.3, -0.25) is 19.3 Å². The Labute approximate surface area is 660 Å². The molecule has 9 aromatic rings. The monoisotopic (exact) mass is 1530 g/mol. The van der Waals surface area contributed by atoms with E-state index in [-0.39, 0.29) is 47.6 Å². The highest BCUT2D eigenvalue weighted by Gasteiger charge is 2.35. The standard InChI is InChI=1S/C32H40N6O3.C28H33N5O4.C27H31N5O3/c1-3-12-35-13-7-9-24(35)22-41-32-33-28-21-38(29-20-25(39)19-23-8-5-6-10-26(23)29)14-11-27(28)31(34-32)37-17-15-36(16-18-37)30(40)4-2;1-3-20(34)18-37-28-29-24-17-33(25-16-21(35)15-19-7-5-6-8-22(19)25)10-9-23(24)27(30-28)32-13-11-31(12-14-32)26(36)4-2;1-3-15-35-27-28-23-18-32(24-17-20(33)16-19-7-5-6-8-21(19)24)10-9-22(23)26(29-27)31-13-11-30(12-14-31)25(34)4-2/h4-6,8,10,19-20,24,39H,2-3,7,9,11-18,21-22H2,1H3;4-8,15-16,20,34-35H,2-3,9-14,17-18H2,1H3;4-8,16-17,33H,2-3,9-15,18H2,1H3. The van der Waals surface area contributed by atoms with Crippen molar-refractivity contribution in [3.63, 3.8) is 0 Å². The summed E-state index contributed by atoms with van der Waals surface area (Å²) in [6, 6.07) is 36.6. The number of aromatic hydroxyl groups is 3. The number of hydrogen-bond donors (Lipinski definition) is 4. The molecule has 0 spiro atoms. The van der Waals surface area contributed by atoms with Crippen LogP contribution in [0.1, 0.15) is 86.6 Å². The summed E-state index contributed by atoms with van der Waals surface area (Å²) in [7, 11) is 0. The Morgan fingerprint density at radius 3 is 1.17 bits per heavy atom. The molecule has 7 aliphatic heterocycles. The minimum absolute atomic E-state index is 0.0273. The number of aromatic nitrogens is 6. The maximum atomic E-state index is 12.2. The molecule has 6 aromatic carbocycles. The second-order valence-corrected chi connectivity index (χ2v) is 29.8. The molecule has 3 aromatic heterocycles. The van der Waals surface area contributed by atoms with Gasteiger partial charge in [0.1, 0.15) is 47.9 Å². The van der Waals surface area contributed by atoms with E-state index in [9.17, 15) is 34.8 Å². The average molecular weight is 1530 g/mol. The van der Waals surface area contributed by atoms with Crippen LogP contribution >= 0.6 is 0 Å². The molecule has 4 N–H and O–H groups in total. The highest BCUT2D eigenvalue weighted by atomic mass is 16.5. The maximum absolute atomic E-state index is 12.2. The van der Waals surface area contributed by atoms with Crippen LogP contribution < -0.4 is 43.6 Å². The van der Waals surface area contributed by atoms with Crippen molar-refractivity contribution in [3.8, 4) is 35.3 Å². The topological polar surface area (TPSA) is 270 Å². The lowest BCUT2D eigenvalue weighted by molar-refractivity contribution is -0.127. The summed E-state index contributed by atoms with van der Waals surface area (Å²) in [4.78, 5) is 86.8. The predicted molar refractivity (Wildman–Crippen MR) is 442 cm³/mol. The van der Waals surface area contributed by atoms with Gasteiger partial charge in [0.15, 0.2) is 0 Å². The second-order valence-electron chi connectivity index (χ2n) is 29.8. The van der Waals surface area contributed by atoms with Gasteiger partial charge in [-0.1, -0.05) is 113 Å². The minimum atomic E-state index is -0.591. The Bertz CT molecular complexity index is 4950. The van der Waals surface area contributed by atoms with Crippen LogP contribution in [0, 0.1) is 0 Å². The quantitative estimate of drug-likeness (QED) is 0.0487. The normalized spacial score (nSPS) is 17.3. The summed E-state index contributed by atoms with van der Waals surface area (Å²) >= 11 is 0. The van der Waals surface area contributed by atoms with Crippen molar-refractivity contribution in [2.24, 2.45) is 0 Å². The molecule has 0 radical (unpaired) electrons. The molecular weight excluding hydrogens is 1430 g/mol. The fourth-order valence-electron chi connectivity index (χ4n) is 16.5. The van der Waals surface area contributed by atoms with Crippen molar-refractivity contribution in [2.45, 2.75) is 104 Å². The van der Waals surface area contributed by atoms with Gasteiger partial charge in [0.2, 0.25) is 17.7 Å². The number of anilines is 6. The molecule has 4 saturated heterocycles. The number of carbonyl (C=O) groups excluding carboxylic acids is 3. The second kappa shape index (κ2) is 35.9. The Morgan fingerprint density at radius 1 is 0.451 bits per heavy atom. The van der Waals surface area contributed by atoms with Crippen molar-refractivity contribution in [2.75, 3.05) is 160 Å². The lowest BCUT2D eigenvalue weighted by atomic mass is 10.0. The first-order valence-electron chi connectivity index (χ1n) is 40.0. The lowest BCUT2D eigenvalue weighted by Gasteiger charge is -2.38. The van der Waals surface area contributed by atoms with E-state index < -0.39 is 6.10 Å². The van der Waals surface area contributed by atoms with E-state index in [1.807, 2.05) is 89.5 Å². The summed E-state index contributed by atoms with van der Waals surface area (Å²) < 4.78 is 18.0. The zero-order valence-electron chi connectivity index (χ0n) is 65.2. The highest BCUT2D eigenvalue weighted by molar-refractivity contribution is 5.98. The third-order valence-electron chi connectivity index (χ3n) is 22.5. The number of nitrogens with zero attached hydrogens (tertiary/aromatic N) is 16. The minimum Gasteiger partial charge on any atom is -0.508 e. The molecule has 0 bridgehead atoms. The zero-order valence-corrected chi connectivity index (χ0v) is 65.2. The summed E-state index contributed by atoms with van der Waals surface area (Å²) in [5, 5.41) is 47.6. The maximum Gasteiger partial charge on any atom is 0.318 e. The summed E-state index contributed by atoms with van der Waals surface area (Å²) in [5.74, 6) is 3.29. The van der Waals surface area contributed by atoms with Crippen LogP contribution in [-0.4, -0.2) is 231 Å². The number of ether oxygens (including phenoxy) is 3. The van der Waals surface area contributed by atoms with Crippen LogP contribution in [0.5, 0.6) is 35.3 Å². The number of amides is 3. The molecule has 2 unspecified atom stereocenters. The number of carbonyl (C=O) groups is 3. The molecule has 592 valence electrons. The van der Waals surface area contributed by atoms with Crippen LogP contribution in [0.25, 0.3) is 32.3 Å². The molecule has 0 saturated carbocycles. The summed E-state index contributed by atoms with van der Waals surface area (Å²) in [6.07, 6.45) is 10.8. The molecular formula is C87H104N16O10. The van der Waals surface area contributed by atoms with E-state index in [1.165, 1.54) is 24.6 Å². The Morgan fingerprint density at radius 2 is 0.814 bits per heavy atom. The van der Waals surface area contributed by atoms with Gasteiger partial charge in [-0.2, -0.15) is 29.9 Å². The Hall–Kier alpha value is -11.5. The van der Waals surface area contributed by atoms with Gasteiger partial charge in [-0.25, -0.2) is 0 Å². The van der Waals surface area contributed by atoms with Gasteiger partial charge in [-0.15, -0.1) is 0 Å². The first kappa shape index (κ1) is 78.2. The fourth-order valence-corrected chi connectivity index (χ4v) is 16.5. The van der Waals surface area contributed by atoms with Gasteiger partial charge in [0.25, 0.3) is 0 Å². The van der Waals surface area contributed by atoms with Crippen LogP contribution in [0.4, 0.5) is 34.5 Å². The highest BCUT2D eigenvalue weighted by Crippen LogP contribution is 2.41. The lowest BCUT2D eigenvalue weighted by Crippen LogP contribution is -2.49. The number of aliphatic hydroxyl groups is 1. The molecule has 113 heavy (non-hydrogen) atoms. The van der Waals surface area contributed by atoms with Crippen LogP contribution in [-0.2, 0) is 53.3 Å². The van der Waals surface area contributed by atoms with Crippen molar-refractivity contribution in [1.29, 1.82) is 0 Å². The summed E-state index contributed by atoms with van der Waals surface area (Å²) in [5.41, 5.74) is 9.11. The number of benzene rings is 6. The van der Waals surface area contributed by atoms with E-state index in [0.717, 1.165) is 172 Å². The number of fused-ring (bicyclic) bond motifs is 6. The molecule has 3 amide bonds. The van der Waals surface area contributed by atoms with Crippen molar-refractivity contribution >= 4 is 84.6 Å². The molecule has 26 nitrogen and oxygen atoms in total.